The molecule has 16 heavy (non-hydrogen) atoms. The molecule has 0 radical (unpaired) electrons. The highest BCUT2D eigenvalue weighted by molar-refractivity contribution is 5.83. The number of rotatable bonds is 1. The summed E-state index contributed by atoms with van der Waals surface area (Å²) >= 11 is 0. The SMILES string of the molecule is CC(C)c1nc2cc3c(cc2n1C)NCC3. The summed E-state index contributed by atoms with van der Waals surface area (Å²) in [6.45, 7) is 5.43. The molecule has 0 saturated carbocycles. The number of benzene rings is 1. The van der Waals surface area contributed by atoms with Crippen LogP contribution in [0.2, 0.25) is 0 Å². The Bertz CT molecular complexity index is 552. The lowest BCUT2D eigenvalue weighted by atomic mass is 10.1. The van der Waals surface area contributed by atoms with Gasteiger partial charge in [0.15, 0.2) is 0 Å². The molecule has 0 unspecified atom stereocenters. The number of nitrogens with one attached hydrogen (secondary N) is 1. The Kier molecular flexibility index (Phi) is 1.96. The molecule has 0 spiro atoms. The topological polar surface area (TPSA) is 29.9 Å². The second-order valence-corrected chi connectivity index (χ2v) is 4.86. The predicted octanol–water partition coefficient (Wildman–Crippen LogP) is 2.66. The third kappa shape index (κ3) is 1.24. The van der Waals surface area contributed by atoms with Crippen LogP contribution in [0.4, 0.5) is 5.69 Å². The predicted molar refractivity (Wildman–Crippen MR) is 67.0 cm³/mol. The number of hydrogen-bond donors (Lipinski definition) is 1. The van der Waals surface area contributed by atoms with E-state index in [0.29, 0.717) is 5.92 Å². The van der Waals surface area contributed by atoms with Crippen LogP contribution in [0.3, 0.4) is 0 Å². The fraction of sp³-hybridized carbons (Fsp3) is 0.462. The number of fused-ring (bicyclic) bond motifs is 2. The Morgan fingerprint density at radius 2 is 2.19 bits per heavy atom. The summed E-state index contributed by atoms with van der Waals surface area (Å²) in [4.78, 5) is 4.72. The average molecular weight is 215 g/mol. The lowest BCUT2D eigenvalue weighted by Crippen LogP contribution is -1.99. The van der Waals surface area contributed by atoms with Crippen molar-refractivity contribution in [2.24, 2.45) is 7.05 Å². The van der Waals surface area contributed by atoms with Crippen molar-refractivity contribution in [3.8, 4) is 0 Å². The van der Waals surface area contributed by atoms with Gasteiger partial charge in [-0.15, -0.1) is 0 Å². The summed E-state index contributed by atoms with van der Waals surface area (Å²) in [5.41, 5.74) is 5.05. The smallest absolute Gasteiger partial charge is 0.112 e. The van der Waals surface area contributed by atoms with Crippen LogP contribution >= 0.6 is 0 Å². The van der Waals surface area contributed by atoms with E-state index in [1.807, 2.05) is 0 Å². The highest BCUT2D eigenvalue weighted by Crippen LogP contribution is 2.29. The molecule has 0 fully saturated rings. The van der Waals surface area contributed by atoms with Gasteiger partial charge < -0.3 is 9.88 Å². The van der Waals surface area contributed by atoms with Gasteiger partial charge in [0.2, 0.25) is 0 Å². The normalized spacial score (nSPS) is 14.5. The first-order valence-corrected chi connectivity index (χ1v) is 5.90. The Labute approximate surface area is 95.5 Å². The van der Waals surface area contributed by atoms with Crippen molar-refractivity contribution in [3.63, 3.8) is 0 Å². The van der Waals surface area contributed by atoms with E-state index in [1.165, 1.54) is 22.6 Å². The molecule has 2 aromatic rings. The van der Waals surface area contributed by atoms with Crippen molar-refractivity contribution in [3.05, 3.63) is 23.5 Å². The van der Waals surface area contributed by atoms with Crippen LogP contribution in [-0.2, 0) is 13.5 Å². The molecule has 3 rings (SSSR count). The molecule has 0 saturated heterocycles. The third-order valence-corrected chi connectivity index (χ3v) is 3.37. The molecule has 3 nitrogen and oxygen atoms in total. The van der Waals surface area contributed by atoms with E-state index in [0.717, 1.165) is 18.5 Å². The van der Waals surface area contributed by atoms with Crippen LogP contribution < -0.4 is 5.32 Å². The van der Waals surface area contributed by atoms with Gasteiger partial charge in [0, 0.05) is 25.2 Å². The van der Waals surface area contributed by atoms with Crippen molar-refractivity contribution in [1.29, 1.82) is 0 Å². The zero-order chi connectivity index (χ0) is 11.3. The summed E-state index contributed by atoms with van der Waals surface area (Å²) in [6, 6.07) is 4.47. The summed E-state index contributed by atoms with van der Waals surface area (Å²) in [6.07, 6.45) is 1.12. The molecular formula is C13H17N3. The number of hydrogen-bond acceptors (Lipinski definition) is 2. The van der Waals surface area contributed by atoms with Crippen LogP contribution in [-0.4, -0.2) is 16.1 Å². The maximum Gasteiger partial charge on any atom is 0.112 e. The molecule has 3 heteroatoms. The quantitative estimate of drug-likeness (QED) is 0.792. The van der Waals surface area contributed by atoms with Crippen molar-refractivity contribution < 1.29 is 0 Å². The molecule has 1 aliphatic rings. The minimum absolute atomic E-state index is 0.472. The summed E-state index contributed by atoms with van der Waals surface area (Å²) in [5, 5.41) is 3.42. The molecule has 1 N–H and O–H groups in total. The van der Waals surface area contributed by atoms with E-state index in [2.05, 4.69) is 42.9 Å². The average Bonchev–Trinajstić information content (AvgIpc) is 2.80. The second kappa shape index (κ2) is 3.24. The molecule has 84 valence electrons. The van der Waals surface area contributed by atoms with E-state index in [1.54, 1.807) is 0 Å². The summed E-state index contributed by atoms with van der Waals surface area (Å²) in [5.74, 6) is 1.64. The second-order valence-electron chi connectivity index (χ2n) is 4.86. The number of anilines is 1. The zero-order valence-corrected chi connectivity index (χ0v) is 10.0. The van der Waals surface area contributed by atoms with E-state index in [4.69, 9.17) is 4.98 Å². The van der Waals surface area contributed by atoms with Gasteiger partial charge in [0.1, 0.15) is 5.82 Å². The van der Waals surface area contributed by atoms with Gasteiger partial charge in [-0.05, 0) is 24.1 Å². The molecule has 1 aromatic heterocycles. The van der Waals surface area contributed by atoms with Crippen molar-refractivity contribution >= 4 is 16.7 Å². The maximum atomic E-state index is 4.72. The lowest BCUT2D eigenvalue weighted by Gasteiger charge is -2.05. The van der Waals surface area contributed by atoms with Gasteiger partial charge in [0.05, 0.1) is 11.0 Å². The molecule has 0 atom stereocenters. The van der Waals surface area contributed by atoms with Gasteiger partial charge in [-0.3, -0.25) is 0 Å². The largest absolute Gasteiger partial charge is 0.384 e. The van der Waals surface area contributed by atoms with Crippen LogP contribution in [0.5, 0.6) is 0 Å². The minimum atomic E-state index is 0.472. The van der Waals surface area contributed by atoms with Crippen LogP contribution in [0.1, 0.15) is 31.2 Å². The molecule has 1 aliphatic heterocycles. The fourth-order valence-electron chi connectivity index (χ4n) is 2.52. The molecule has 1 aromatic carbocycles. The van der Waals surface area contributed by atoms with E-state index in [-0.39, 0.29) is 0 Å². The van der Waals surface area contributed by atoms with Crippen LogP contribution in [0, 0.1) is 0 Å². The van der Waals surface area contributed by atoms with Gasteiger partial charge in [-0.2, -0.15) is 0 Å². The first-order valence-electron chi connectivity index (χ1n) is 5.90. The van der Waals surface area contributed by atoms with E-state index < -0.39 is 0 Å². The number of aromatic nitrogens is 2. The Balaban J connectivity index is 2.28. The van der Waals surface area contributed by atoms with Gasteiger partial charge in [-0.1, -0.05) is 13.8 Å². The fourth-order valence-corrected chi connectivity index (χ4v) is 2.52. The highest BCUT2D eigenvalue weighted by Gasteiger charge is 2.16. The standard InChI is InChI=1S/C13H17N3/c1-8(2)13-15-11-6-9-4-5-14-10(9)7-12(11)16(13)3/h6-8,14H,4-5H2,1-3H3. The molecule has 0 bridgehead atoms. The first kappa shape index (κ1) is 9.70. The highest BCUT2D eigenvalue weighted by atomic mass is 15.1. The Morgan fingerprint density at radius 1 is 1.38 bits per heavy atom. The van der Waals surface area contributed by atoms with E-state index in [9.17, 15) is 0 Å². The van der Waals surface area contributed by atoms with Crippen LogP contribution in [0.15, 0.2) is 12.1 Å². The molecular weight excluding hydrogens is 198 g/mol. The molecule has 2 heterocycles. The van der Waals surface area contributed by atoms with Crippen molar-refractivity contribution in [2.45, 2.75) is 26.2 Å². The molecule has 0 aliphatic carbocycles. The van der Waals surface area contributed by atoms with Crippen molar-refractivity contribution in [1.82, 2.24) is 9.55 Å². The number of nitrogens with zero attached hydrogens (tertiary/aromatic N) is 2. The van der Waals surface area contributed by atoms with Crippen LogP contribution in [0.25, 0.3) is 11.0 Å². The first-order chi connectivity index (χ1) is 7.66. The summed E-state index contributed by atoms with van der Waals surface area (Å²) < 4.78 is 2.21. The number of aryl methyl sites for hydroxylation is 1. The Morgan fingerprint density at radius 3 is 2.94 bits per heavy atom. The molecule has 0 amide bonds. The van der Waals surface area contributed by atoms with Gasteiger partial charge in [0.25, 0.3) is 0 Å². The zero-order valence-electron chi connectivity index (χ0n) is 10.0. The number of imidazole rings is 1. The lowest BCUT2D eigenvalue weighted by molar-refractivity contribution is 0.722. The monoisotopic (exact) mass is 215 g/mol. The minimum Gasteiger partial charge on any atom is -0.384 e. The maximum absolute atomic E-state index is 4.72. The Hall–Kier alpha value is -1.51. The summed E-state index contributed by atoms with van der Waals surface area (Å²) in [7, 11) is 2.10. The van der Waals surface area contributed by atoms with Gasteiger partial charge >= 0.3 is 0 Å². The third-order valence-electron chi connectivity index (χ3n) is 3.37. The van der Waals surface area contributed by atoms with E-state index >= 15 is 0 Å². The van der Waals surface area contributed by atoms with Crippen molar-refractivity contribution in [2.75, 3.05) is 11.9 Å². The van der Waals surface area contributed by atoms with Gasteiger partial charge in [-0.25, -0.2) is 4.98 Å².